The summed E-state index contributed by atoms with van der Waals surface area (Å²) in [6.07, 6.45) is 0. The minimum atomic E-state index is -0.292. The summed E-state index contributed by atoms with van der Waals surface area (Å²) < 4.78 is 4.77. The molecule has 0 radical (unpaired) electrons. The van der Waals surface area contributed by atoms with Gasteiger partial charge < -0.3 is 15.0 Å². The van der Waals surface area contributed by atoms with Gasteiger partial charge in [0, 0.05) is 18.6 Å². The van der Waals surface area contributed by atoms with Crippen molar-refractivity contribution in [2.75, 3.05) is 23.9 Å². The maximum atomic E-state index is 11.6. The Morgan fingerprint density at radius 2 is 2.22 bits per heavy atom. The lowest BCUT2D eigenvalue weighted by molar-refractivity contribution is 0.0601. The van der Waals surface area contributed by atoms with Gasteiger partial charge in [-0.2, -0.15) is 0 Å². The lowest BCUT2D eigenvalue weighted by Crippen LogP contribution is -2.46. The van der Waals surface area contributed by atoms with E-state index in [0.29, 0.717) is 17.6 Å². The second-order valence-electron chi connectivity index (χ2n) is 4.95. The van der Waals surface area contributed by atoms with Crippen molar-refractivity contribution < 1.29 is 9.53 Å². The molecule has 4 nitrogen and oxygen atoms in total. The topological polar surface area (TPSA) is 41.6 Å². The molecule has 1 aromatic carbocycles. The fourth-order valence-corrected chi connectivity index (χ4v) is 2.52. The fraction of sp³-hybridized carbons (Fsp3) is 0.500. The van der Waals surface area contributed by atoms with E-state index in [1.54, 1.807) is 6.07 Å². The number of hydrogen-bond donors (Lipinski definition) is 1. The molecular weight excluding hydrogens is 228 g/mol. The molecule has 18 heavy (non-hydrogen) atoms. The number of hydrogen-bond acceptors (Lipinski definition) is 4. The summed E-state index contributed by atoms with van der Waals surface area (Å²) in [5, 5.41) is 3.39. The van der Waals surface area contributed by atoms with Crippen molar-refractivity contribution in [1.82, 2.24) is 0 Å². The van der Waals surface area contributed by atoms with Crippen LogP contribution in [-0.4, -0.2) is 31.7 Å². The van der Waals surface area contributed by atoms with Crippen molar-refractivity contribution in [2.24, 2.45) is 0 Å². The molecule has 0 aliphatic carbocycles. The molecular formula is C14H20N2O2. The van der Waals surface area contributed by atoms with Gasteiger partial charge in [0.15, 0.2) is 0 Å². The number of rotatable bonds is 2. The van der Waals surface area contributed by atoms with E-state index >= 15 is 0 Å². The van der Waals surface area contributed by atoms with Crippen molar-refractivity contribution in [3.05, 3.63) is 23.8 Å². The molecule has 1 aromatic rings. The molecule has 1 heterocycles. The van der Waals surface area contributed by atoms with Crippen LogP contribution in [0.5, 0.6) is 0 Å². The fourth-order valence-electron chi connectivity index (χ4n) is 2.52. The molecule has 0 saturated heterocycles. The Balaban J connectivity index is 2.45. The Hall–Kier alpha value is -1.71. The SMILES string of the molecule is COC(=O)c1ccc2c(c1)N(C(C)C)C(C)CN2. The summed E-state index contributed by atoms with van der Waals surface area (Å²) in [5.74, 6) is -0.292. The number of benzene rings is 1. The van der Waals surface area contributed by atoms with Gasteiger partial charge in [-0.15, -0.1) is 0 Å². The van der Waals surface area contributed by atoms with Gasteiger partial charge in [0.25, 0.3) is 0 Å². The number of methoxy groups -OCH3 is 1. The van der Waals surface area contributed by atoms with E-state index in [1.807, 2.05) is 12.1 Å². The minimum absolute atomic E-state index is 0.292. The number of esters is 1. The molecule has 1 N–H and O–H groups in total. The Kier molecular flexibility index (Phi) is 3.45. The lowest BCUT2D eigenvalue weighted by Gasteiger charge is -2.40. The molecule has 98 valence electrons. The molecule has 1 aliphatic rings. The number of anilines is 2. The van der Waals surface area contributed by atoms with Crippen LogP contribution < -0.4 is 10.2 Å². The van der Waals surface area contributed by atoms with Crippen molar-refractivity contribution in [3.8, 4) is 0 Å². The quantitative estimate of drug-likeness (QED) is 0.816. The molecule has 0 aromatic heterocycles. The second kappa shape index (κ2) is 4.88. The lowest BCUT2D eigenvalue weighted by atomic mass is 10.0. The third-order valence-electron chi connectivity index (χ3n) is 3.32. The summed E-state index contributed by atoms with van der Waals surface area (Å²) >= 11 is 0. The third kappa shape index (κ3) is 2.15. The average molecular weight is 248 g/mol. The first kappa shape index (κ1) is 12.7. The highest BCUT2D eigenvalue weighted by Gasteiger charge is 2.25. The monoisotopic (exact) mass is 248 g/mol. The first-order valence-corrected chi connectivity index (χ1v) is 6.29. The molecule has 1 aliphatic heterocycles. The number of carbonyl (C=O) groups is 1. The Morgan fingerprint density at radius 3 is 2.83 bits per heavy atom. The summed E-state index contributed by atoms with van der Waals surface area (Å²) in [6.45, 7) is 7.43. The van der Waals surface area contributed by atoms with E-state index in [1.165, 1.54) is 7.11 Å². The van der Waals surface area contributed by atoms with Gasteiger partial charge >= 0.3 is 5.97 Å². The van der Waals surface area contributed by atoms with Crippen LogP contribution in [0.2, 0.25) is 0 Å². The first-order chi connectivity index (χ1) is 8.54. The van der Waals surface area contributed by atoms with Gasteiger partial charge in [0.05, 0.1) is 24.0 Å². The van der Waals surface area contributed by atoms with Crippen molar-refractivity contribution >= 4 is 17.3 Å². The molecule has 0 saturated carbocycles. The summed E-state index contributed by atoms with van der Waals surface area (Å²) in [7, 11) is 1.41. The maximum absolute atomic E-state index is 11.6. The average Bonchev–Trinajstić information content (AvgIpc) is 2.36. The standard InChI is InChI=1S/C14H20N2O2/c1-9(2)16-10(3)8-15-12-6-5-11(7-13(12)16)14(17)18-4/h5-7,9-10,15H,8H2,1-4H3. The summed E-state index contributed by atoms with van der Waals surface area (Å²) in [5.41, 5.74) is 2.75. The number of nitrogens with one attached hydrogen (secondary N) is 1. The van der Waals surface area contributed by atoms with Crippen LogP contribution in [0, 0.1) is 0 Å². The second-order valence-corrected chi connectivity index (χ2v) is 4.95. The van der Waals surface area contributed by atoms with Crippen LogP contribution in [0.25, 0.3) is 0 Å². The number of ether oxygens (including phenoxy) is 1. The predicted molar refractivity (Wildman–Crippen MR) is 73.3 cm³/mol. The molecule has 0 amide bonds. The van der Waals surface area contributed by atoms with Crippen LogP contribution in [0.15, 0.2) is 18.2 Å². The van der Waals surface area contributed by atoms with Gasteiger partial charge in [0.2, 0.25) is 0 Å². The van der Waals surface area contributed by atoms with E-state index in [-0.39, 0.29) is 5.97 Å². The van der Waals surface area contributed by atoms with E-state index in [0.717, 1.165) is 17.9 Å². The van der Waals surface area contributed by atoms with E-state index in [9.17, 15) is 4.79 Å². The Morgan fingerprint density at radius 1 is 1.50 bits per heavy atom. The van der Waals surface area contributed by atoms with Crippen molar-refractivity contribution in [3.63, 3.8) is 0 Å². The normalized spacial score (nSPS) is 18.3. The molecule has 1 atom stereocenters. The number of carbonyl (C=O) groups excluding carboxylic acids is 1. The largest absolute Gasteiger partial charge is 0.465 e. The van der Waals surface area contributed by atoms with E-state index in [2.05, 4.69) is 31.0 Å². The van der Waals surface area contributed by atoms with Gasteiger partial charge in [-0.3, -0.25) is 0 Å². The van der Waals surface area contributed by atoms with E-state index in [4.69, 9.17) is 4.74 Å². The zero-order valence-electron chi connectivity index (χ0n) is 11.4. The van der Waals surface area contributed by atoms with Gasteiger partial charge in [-0.25, -0.2) is 4.79 Å². The summed E-state index contributed by atoms with van der Waals surface area (Å²) in [6, 6.07) is 6.46. The zero-order chi connectivity index (χ0) is 13.3. The number of nitrogens with zero attached hydrogens (tertiary/aromatic N) is 1. The highest BCUT2D eigenvalue weighted by atomic mass is 16.5. The number of fused-ring (bicyclic) bond motifs is 1. The van der Waals surface area contributed by atoms with E-state index < -0.39 is 0 Å². The maximum Gasteiger partial charge on any atom is 0.337 e. The molecule has 0 spiro atoms. The molecule has 1 unspecified atom stereocenters. The van der Waals surface area contributed by atoms with Crippen molar-refractivity contribution in [1.29, 1.82) is 0 Å². The van der Waals surface area contributed by atoms with Gasteiger partial charge in [0.1, 0.15) is 0 Å². The molecule has 4 heteroatoms. The van der Waals surface area contributed by atoms with Crippen LogP contribution in [0.4, 0.5) is 11.4 Å². The zero-order valence-corrected chi connectivity index (χ0v) is 11.4. The minimum Gasteiger partial charge on any atom is -0.465 e. The molecule has 0 fully saturated rings. The van der Waals surface area contributed by atoms with Crippen LogP contribution in [0.3, 0.4) is 0 Å². The smallest absolute Gasteiger partial charge is 0.337 e. The Bertz CT molecular complexity index is 457. The van der Waals surface area contributed by atoms with Gasteiger partial charge in [-0.05, 0) is 39.0 Å². The van der Waals surface area contributed by atoms with Crippen molar-refractivity contribution in [2.45, 2.75) is 32.9 Å². The third-order valence-corrected chi connectivity index (χ3v) is 3.32. The summed E-state index contributed by atoms with van der Waals surface area (Å²) in [4.78, 5) is 13.9. The predicted octanol–water partition coefficient (Wildman–Crippen LogP) is 2.50. The van der Waals surface area contributed by atoms with Crippen LogP contribution in [-0.2, 0) is 4.74 Å². The molecule has 0 bridgehead atoms. The van der Waals surface area contributed by atoms with Crippen LogP contribution in [0.1, 0.15) is 31.1 Å². The molecule has 2 rings (SSSR count). The highest BCUT2D eigenvalue weighted by Crippen LogP contribution is 2.34. The first-order valence-electron chi connectivity index (χ1n) is 6.29. The highest BCUT2D eigenvalue weighted by molar-refractivity contribution is 5.92. The van der Waals surface area contributed by atoms with Crippen LogP contribution >= 0.6 is 0 Å². The van der Waals surface area contributed by atoms with Gasteiger partial charge in [-0.1, -0.05) is 0 Å². The Labute approximate surface area is 108 Å².